The van der Waals surface area contributed by atoms with Crippen molar-refractivity contribution in [2.24, 2.45) is 0 Å². The molecule has 0 spiro atoms. The Balaban J connectivity index is 1.07. The van der Waals surface area contributed by atoms with Crippen LogP contribution in [0.1, 0.15) is 0 Å². The van der Waals surface area contributed by atoms with Crippen molar-refractivity contribution in [3.8, 4) is 62.1 Å². The molecule has 0 atom stereocenters. The molecule has 0 saturated heterocycles. The first kappa shape index (κ1) is 31.9. The molecule has 0 aliphatic heterocycles. The Morgan fingerprint density at radius 3 is 1.66 bits per heavy atom. The average molecular weight is 717 g/mol. The fourth-order valence-electron chi connectivity index (χ4n) is 8.06. The molecular weight excluding hydrogens is 685 g/mol. The van der Waals surface area contributed by atoms with Crippen LogP contribution in [0.2, 0.25) is 0 Å². The van der Waals surface area contributed by atoms with E-state index in [1.165, 1.54) is 10.8 Å². The van der Waals surface area contributed by atoms with Crippen LogP contribution < -0.4 is 0 Å². The Labute approximate surface area is 322 Å². The first-order valence-corrected chi connectivity index (χ1v) is 18.8. The summed E-state index contributed by atoms with van der Waals surface area (Å²) in [5.74, 6) is 1.88. The van der Waals surface area contributed by atoms with E-state index in [0.717, 1.165) is 77.6 Å². The molecule has 5 nitrogen and oxygen atoms in total. The fourth-order valence-corrected chi connectivity index (χ4v) is 8.06. The molecule has 0 fully saturated rings. The number of aromatic nitrogens is 4. The maximum atomic E-state index is 6.61. The van der Waals surface area contributed by atoms with Gasteiger partial charge in [-0.15, -0.1) is 0 Å². The van der Waals surface area contributed by atoms with Crippen LogP contribution in [-0.2, 0) is 0 Å². The van der Waals surface area contributed by atoms with Crippen LogP contribution >= 0.6 is 0 Å². The standard InChI is InChI=1S/C51H32N4O/c1-4-14-33(15-5-1)37-18-12-19-38(32-37)51-53-49(35-16-6-2-7-17-35)52-50(54-51)36-28-26-34(27-29-36)40-23-13-25-44-46(40)47-45(56-44)31-30-42-41-22-10-11-24-43(41)55(48(42)47)39-20-8-3-9-21-39/h1-32H. The Kier molecular flexibility index (Phi) is 7.42. The summed E-state index contributed by atoms with van der Waals surface area (Å²) in [7, 11) is 0. The molecule has 5 heteroatoms. The highest BCUT2D eigenvalue weighted by molar-refractivity contribution is 6.27. The zero-order valence-electron chi connectivity index (χ0n) is 30.2. The molecule has 3 aromatic heterocycles. The first-order chi connectivity index (χ1) is 27.8. The normalized spacial score (nSPS) is 11.6. The van der Waals surface area contributed by atoms with E-state index >= 15 is 0 Å². The van der Waals surface area contributed by atoms with Gasteiger partial charge in [-0.25, -0.2) is 15.0 Å². The third kappa shape index (κ3) is 5.29. The maximum absolute atomic E-state index is 6.61. The second-order valence-corrected chi connectivity index (χ2v) is 14.0. The highest BCUT2D eigenvalue weighted by Crippen LogP contribution is 2.44. The van der Waals surface area contributed by atoms with Gasteiger partial charge >= 0.3 is 0 Å². The quantitative estimate of drug-likeness (QED) is 0.172. The Hall–Kier alpha value is -7.63. The van der Waals surface area contributed by atoms with Crippen molar-refractivity contribution < 1.29 is 4.42 Å². The molecule has 0 N–H and O–H groups in total. The van der Waals surface area contributed by atoms with E-state index in [1.54, 1.807) is 0 Å². The second-order valence-electron chi connectivity index (χ2n) is 14.0. The van der Waals surface area contributed by atoms with E-state index in [9.17, 15) is 0 Å². The van der Waals surface area contributed by atoms with Gasteiger partial charge in [0.15, 0.2) is 17.5 Å². The van der Waals surface area contributed by atoms with Gasteiger partial charge in [0.05, 0.1) is 16.4 Å². The summed E-state index contributed by atoms with van der Waals surface area (Å²) in [6.07, 6.45) is 0. The number of para-hydroxylation sites is 2. The van der Waals surface area contributed by atoms with Crippen LogP contribution in [0.15, 0.2) is 199 Å². The number of benzene rings is 8. The van der Waals surface area contributed by atoms with E-state index in [2.05, 4.69) is 162 Å². The molecule has 0 amide bonds. The molecule has 262 valence electrons. The Morgan fingerprint density at radius 1 is 0.357 bits per heavy atom. The van der Waals surface area contributed by atoms with Gasteiger partial charge in [-0.2, -0.15) is 0 Å². The Morgan fingerprint density at radius 2 is 0.911 bits per heavy atom. The maximum Gasteiger partial charge on any atom is 0.164 e. The number of hydrogen-bond acceptors (Lipinski definition) is 4. The van der Waals surface area contributed by atoms with Gasteiger partial charge in [0.1, 0.15) is 11.2 Å². The van der Waals surface area contributed by atoms with Crippen LogP contribution in [0.5, 0.6) is 0 Å². The third-order valence-corrected chi connectivity index (χ3v) is 10.7. The van der Waals surface area contributed by atoms with E-state index in [4.69, 9.17) is 19.4 Å². The zero-order valence-corrected chi connectivity index (χ0v) is 30.2. The molecular formula is C51H32N4O. The Bertz CT molecular complexity index is 3220. The molecule has 11 aromatic rings. The molecule has 56 heavy (non-hydrogen) atoms. The smallest absolute Gasteiger partial charge is 0.164 e. The summed E-state index contributed by atoms with van der Waals surface area (Å²) in [6, 6.07) is 67.3. The molecule has 11 rings (SSSR count). The van der Waals surface area contributed by atoms with Gasteiger partial charge in [-0.3, -0.25) is 0 Å². The van der Waals surface area contributed by atoms with Gasteiger partial charge in [0.25, 0.3) is 0 Å². The van der Waals surface area contributed by atoms with Crippen LogP contribution in [0.25, 0.3) is 106 Å². The summed E-state index contributed by atoms with van der Waals surface area (Å²) in [4.78, 5) is 15.1. The lowest BCUT2D eigenvalue weighted by atomic mass is 9.97. The average Bonchev–Trinajstić information content (AvgIpc) is 3.83. The number of furan rings is 1. The monoisotopic (exact) mass is 716 g/mol. The van der Waals surface area contributed by atoms with E-state index in [0.29, 0.717) is 17.5 Å². The van der Waals surface area contributed by atoms with Gasteiger partial charge in [0, 0.05) is 38.5 Å². The lowest BCUT2D eigenvalue weighted by Gasteiger charge is -2.11. The second kappa shape index (κ2) is 13.0. The summed E-state index contributed by atoms with van der Waals surface area (Å²) >= 11 is 0. The van der Waals surface area contributed by atoms with E-state index in [1.807, 2.05) is 36.4 Å². The number of fused-ring (bicyclic) bond motifs is 7. The molecule has 3 heterocycles. The minimum absolute atomic E-state index is 0.617. The molecule has 0 bridgehead atoms. The lowest BCUT2D eigenvalue weighted by molar-refractivity contribution is 0.669. The highest BCUT2D eigenvalue weighted by atomic mass is 16.3. The summed E-state index contributed by atoms with van der Waals surface area (Å²) in [5.41, 5.74) is 12.3. The molecule has 0 radical (unpaired) electrons. The molecule has 0 aliphatic rings. The van der Waals surface area contributed by atoms with Crippen LogP contribution in [0.3, 0.4) is 0 Å². The van der Waals surface area contributed by atoms with Gasteiger partial charge in [-0.05, 0) is 64.7 Å². The zero-order chi connectivity index (χ0) is 37.0. The van der Waals surface area contributed by atoms with Crippen LogP contribution in [0.4, 0.5) is 0 Å². The molecule has 8 aromatic carbocycles. The number of hydrogen-bond donors (Lipinski definition) is 0. The summed E-state index contributed by atoms with van der Waals surface area (Å²) < 4.78 is 8.98. The van der Waals surface area contributed by atoms with Gasteiger partial charge in [0.2, 0.25) is 0 Å². The van der Waals surface area contributed by atoms with Crippen LogP contribution in [0, 0.1) is 0 Å². The predicted molar refractivity (Wildman–Crippen MR) is 229 cm³/mol. The first-order valence-electron chi connectivity index (χ1n) is 18.8. The van der Waals surface area contributed by atoms with Crippen molar-refractivity contribution >= 4 is 43.7 Å². The predicted octanol–water partition coefficient (Wildman–Crippen LogP) is 13.2. The number of rotatable bonds is 6. The lowest BCUT2D eigenvalue weighted by Crippen LogP contribution is -2.00. The van der Waals surface area contributed by atoms with Crippen molar-refractivity contribution in [2.75, 3.05) is 0 Å². The van der Waals surface area contributed by atoms with Crippen molar-refractivity contribution in [2.45, 2.75) is 0 Å². The minimum Gasteiger partial charge on any atom is -0.456 e. The number of nitrogens with zero attached hydrogens (tertiary/aromatic N) is 4. The summed E-state index contributed by atoms with van der Waals surface area (Å²) in [6.45, 7) is 0. The van der Waals surface area contributed by atoms with E-state index in [-0.39, 0.29) is 0 Å². The fraction of sp³-hybridized carbons (Fsp3) is 0. The SMILES string of the molecule is c1ccc(-c2cccc(-c3nc(-c4ccccc4)nc(-c4ccc(-c5cccc6oc7ccc8c9ccccc9n(-c9ccccc9)c8c7c56)cc4)n3)c2)cc1. The third-order valence-electron chi connectivity index (χ3n) is 10.7. The summed E-state index contributed by atoms with van der Waals surface area (Å²) in [5, 5.41) is 4.60. The van der Waals surface area contributed by atoms with Crippen molar-refractivity contribution in [1.29, 1.82) is 0 Å². The highest BCUT2D eigenvalue weighted by Gasteiger charge is 2.21. The molecule has 0 aliphatic carbocycles. The largest absolute Gasteiger partial charge is 0.456 e. The van der Waals surface area contributed by atoms with Gasteiger partial charge in [-0.1, -0.05) is 152 Å². The van der Waals surface area contributed by atoms with E-state index < -0.39 is 0 Å². The molecule has 0 unspecified atom stereocenters. The van der Waals surface area contributed by atoms with Crippen molar-refractivity contribution in [3.05, 3.63) is 194 Å². The van der Waals surface area contributed by atoms with Crippen LogP contribution in [-0.4, -0.2) is 19.5 Å². The minimum atomic E-state index is 0.617. The van der Waals surface area contributed by atoms with Gasteiger partial charge < -0.3 is 8.98 Å². The van der Waals surface area contributed by atoms with Crippen molar-refractivity contribution in [3.63, 3.8) is 0 Å². The van der Waals surface area contributed by atoms with Crippen molar-refractivity contribution in [1.82, 2.24) is 19.5 Å². The topological polar surface area (TPSA) is 56.7 Å². The molecule has 0 saturated carbocycles.